The third kappa shape index (κ3) is 3.28. The van der Waals surface area contributed by atoms with Crippen LogP contribution < -0.4 is 5.56 Å². The largest absolute Gasteiger partial charge is 0.373 e. The Morgan fingerprint density at radius 2 is 2.12 bits per heavy atom. The van der Waals surface area contributed by atoms with E-state index in [2.05, 4.69) is 4.98 Å². The van der Waals surface area contributed by atoms with Crippen molar-refractivity contribution in [1.29, 1.82) is 0 Å². The lowest BCUT2D eigenvalue weighted by Gasteiger charge is -2.24. The normalized spacial score (nSPS) is 17.7. The summed E-state index contributed by atoms with van der Waals surface area (Å²) >= 11 is 0. The van der Waals surface area contributed by atoms with Gasteiger partial charge in [-0.05, 0) is 19.1 Å². The maximum absolute atomic E-state index is 13.6. The number of nitrogens with zero attached hydrogens (tertiary/aromatic N) is 3. The SMILES string of the molecule is Cc1nc2ccccc2c(=O)n1CC(=O)N1CCOCC(F)(F)C1. The summed E-state index contributed by atoms with van der Waals surface area (Å²) in [7, 11) is 0. The number of ether oxygens (including phenoxy) is 1. The van der Waals surface area contributed by atoms with Gasteiger partial charge < -0.3 is 9.64 Å². The molecular formula is C16H17F2N3O3. The van der Waals surface area contributed by atoms with Gasteiger partial charge in [-0.1, -0.05) is 12.1 Å². The highest BCUT2D eigenvalue weighted by Gasteiger charge is 2.36. The van der Waals surface area contributed by atoms with Gasteiger partial charge in [-0.15, -0.1) is 0 Å². The summed E-state index contributed by atoms with van der Waals surface area (Å²) in [4.78, 5) is 30.3. The van der Waals surface area contributed by atoms with Crippen molar-refractivity contribution in [2.45, 2.75) is 19.4 Å². The fourth-order valence-corrected chi connectivity index (χ4v) is 2.71. The molecule has 2 heterocycles. The predicted octanol–water partition coefficient (Wildman–Crippen LogP) is 1.20. The van der Waals surface area contributed by atoms with Gasteiger partial charge in [0.1, 0.15) is 19.0 Å². The number of halogens is 2. The van der Waals surface area contributed by atoms with Gasteiger partial charge in [0.25, 0.3) is 11.5 Å². The van der Waals surface area contributed by atoms with Crippen molar-refractivity contribution in [1.82, 2.24) is 14.5 Å². The minimum Gasteiger partial charge on any atom is -0.373 e. The molecule has 0 unspecified atom stereocenters. The van der Waals surface area contributed by atoms with E-state index in [0.717, 1.165) is 4.90 Å². The zero-order valence-electron chi connectivity index (χ0n) is 13.2. The number of aryl methyl sites for hydroxylation is 1. The molecule has 1 saturated heterocycles. The van der Waals surface area contributed by atoms with Gasteiger partial charge in [0.2, 0.25) is 5.91 Å². The van der Waals surface area contributed by atoms with Crippen molar-refractivity contribution in [3.63, 3.8) is 0 Å². The van der Waals surface area contributed by atoms with E-state index in [4.69, 9.17) is 4.74 Å². The maximum atomic E-state index is 13.6. The average Bonchev–Trinajstić information content (AvgIpc) is 2.72. The number of aromatic nitrogens is 2. The number of alkyl halides is 2. The Morgan fingerprint density at radius 3 is 2.92 bits per heavy atom. The monoisotopic (exact) mass is 337 g/mol. The lowest BCUT2D eigenvalue weighted by atomic mass is 10.2. The molecule has 8 heteroatoms. The summed E-state index contributed by atoms with van der Waals surface area (Å²) in [6, 6.07) is 6.81. The van der Waals surface area contributed by atoms with Crippen molar-refractivity contribution >= 4 is 16.8 Å². The predicted molar refractivity (Wildman–Crippen MR) is 83.1 cm³/mol. The number of para-hydroxylation sites is 1. The number of fused-ring (bicyclic) bond motifs is 1. The summed E-state index contributed by atoms with van der Waals surface area (Å²) in [5, 5.41) is 0.389. The maximum Gasteiger partial charge on any atom is 0.288 e. The lowest BCUT2D eigenvalue weighted by molar-refractivity contribution is -0.136. The van der Waals surface area contributed by atoms with Gasteiger partial charge >= 0.3 is 0 Å². The molecule has 0 spiro atoms. The van der Waals surface area contributed by atoms with Crippen LogP contribution in [0.4, 0.5) is 8.78 Å². The average molecular weight is 337 g/mol. The van der Waals surface area contributed by atoms with Crippen molar-refractivity contribution in [2.24, 2.45) is 0 Å². The summed E-state index contributed by atoms with van der Waals surface area (Å²) in [5.74, 6) is -3.28. The van der Waals surface area contributed by atoms with Crippen LogP contribution in [0.1, 0.15) is 5.82 Å². The van der Waals surface area contributed by atoms with Crippen molar-refractivity contribution in [2.75, 3.05) is 26.3 Å². The van der Waals surface area contributed by atoms with Crippen LogP contribution in [0.15, 0.2) is 29.1 Å². The number of rotatable bonds is 2. The smallest absolute Gasteiger partial charge is 0.288 e. The quantitative estimate of drug-likeness (QED) is 0.826. The van der Waals surface area contributed by atoms with Gasteiger partial charge in [0, 0.05) is 6.54 Å². The molecule has 0 bridgehead atoms. The molecule has 1 fully saturated rings. The minimum absolute atomic E-state index is 0.0468. The molecule has 1 amide bonds. The first-order chi connectivity index (χ1) is 11.4. The zero-order chi connectivity index (χ0) is 17.3. The molecule has 6 nitrogen and oxygen atoms in total. The van der Waals surface area contributed by atoms with Crippen LogP contribution in [0.2, 0.25) is 0 Å². The first-order valence-corrected chi connectivity index (χ1v) is 7.57. The fraction of sp³-hybridized carbons (Fsp3) is 0.438. The Bertz CT molecular complexity index is 835. The molecule has 0 aliphatic carbocycles. The Labute approximate surface area is 136 Å². The van der Waals surface area contributed by atoms with Crippen molar-refractivity contribution < 1.29 is 18.3 Å². The third-order valence-corrected chi connectivity index (χ3v) is 3.94. The summed E-state index contributed by atoms with van der Waals surface area (Å²) in [5.41, 5.74) is 0.183. The molecule has 0 radical (unpaired) electrons. The van der Waals surface area contributed by atoms with E-state index in [1.165, 1.54) is 4.57 Å². The van der Waals surface area contributed by atoms with Gasteiger partial charge in [0.15, 0.2) is 0 Å². The molecule has 24 heavy (non-hydrogen) atoms. The third-order valence-electron chi connectivity index (χ3n) is 3.94. The zero-order valence-corrected chi connectivity index (χ0v) is 13.2. The van der Waals surface area contributed by atoms with Gasteiger partial charge in [-0.2, -0.15) is 0 Å². The number of carbonyl (C=O) groups is 1. The first-order valence-electron chi connectivity index (χ1n) is 7.57. The Balaban J connectivity index is 1.89. The highest BCUT2D eigenvalue weighted by Crippen LogP contribution is 2.19. The topological polar surface area (TPSA) is 64.4 Å². The Morgan fingerprint density at radius 1 is 1.38 bits per heavy atom. The van der Waals surface area contributed by atoms with E-state index in [0.29, 0.717) is 16.7 Å². The molecule has 3 rings (SSSR count). The Kier molecular flexibility index (Phi) is 4.31. The van der Waals surface area contributed by atoms with Crippen LogP contribution >= 0.6 is 0 Å². The highest BCUT2D eigenvalue weighted by molar-refractivity contribution is 5.79. The van der Waals surface area contributed by atoms with E-state index < -0.39 is 25.0 Å². The number of amides is 1. The van der Waals surface area contributed by atoms with Crippen molar-refractivity contribution in [3.8, 4) is 0 Å². The van der Waals surface area contributed by atoms with E-state index >= 15 is 0 Å². The molecular weight excluding hydrogens is 320 g/mol. The van der Waals surface area contributed by atoms with Crippen molar-refractivity contribution in [3.05, 3.63) is 40.4 Å². The second-order valence-electron chi connectivity index (χ2n) is 5.79. The molecule has 1 aromatic carbocycles. The molecule has 0 atom stereocenters. The molecule has 0 N–H and O–H groups in total. The summed E-state index contributed by atoms with van der Waals surface area (Å²) in [6.45, 7) is 0.00216. The van der Waals surface area contributed by atoms with Crippen LogP contribution in [0.3, 0.4) is 0 Å². The number of carbonyl (C=O) groups excluding carboxylic acids is 1. The molecule has 1 aliphatic rings. The second kappa shape index (κ2) is 6.27. The summed E-state index contributed by atoms with van der Waals surface area (Å²) < 4.78 is 33.2. The van der Waals surface area contributed by atoms with Gasteiger partial charge in [0.05, 0.1) is 24.1 Å². The molecule has 128 valence electrons. The van der Waals surface area contributed by atoms with Crippen LogP contribution in [0.25, 0.3) is 10.9 Å². The lowest BCUT2D eigenvalue weighted by Crippen LogP contribution is -2.44. The van der Waals surface area contributed by atoms with E-state index in [-0.39, 0.29) is 25.3 Å². The van der Waals surface area contributed by atoms with Crippen LogP contribution in [0, 0.1) is 6.92 Å². The van der Waals surface area contributed by atoms with E-state index in [1.54, 1.807) is 31.2 Å². The first kappa shape index (κ1) is 16.5. The standard InChI is InChI=1S/C16H17F2N3O3/c1-11-19-13-5-3-2-4-12(13)15(23)21(11)8-14(22)20-6-7-24-10-16(17,18)9-20/h2-5H,6-10H2,1H3. The second-order valence-corrected chi connectivity index (χ2v) is 5.79. The molecule has 2 aromatic rings. The van der Waals surface area contributed by atoms with E-state index in [9.17, 15) is 18.4 Å². The number of hydrogen-bond acceptors (Lipinski definition) is 4. The van der Waals surface area contributed by atoms with E-state index in [1.807, 2.05) is 0 Å². The van der Waals surface area contributed by atoms with Crippen LogP contribution in [0.5, 0.6) is 0 Å². The number of hydrogen-bond donors (Lipinski definition) is 0. The fourth-order valence-electron chi connectivity index (χ4n) is 2.71. The Hall–Kier alpha value is -2.35. The highest BCUT2D eigenvalue weighted by atomic mass is 19.3. The van der Waals surface area contributed by atoms with Crippen LogP contribution in [-0.4, -0.2) is 52.6 Å². The molecule has 1 aliphatic heterocycles. The number of benzene rings is 1. The van der Waals surface area contributed by atoms with Gasteiger partial charge in [-0.3, -0.25) is 14.2 Å². The van der Waals surface area contributed by atoms with Crippen LogP contribution in [-0.2, 0) is 16.1 Å². The summed E-state index contributed by atoms with van der Waals surface area (Å²) in [6.07, 6.45) is 0. The minimum atomic E-state index is -3.09. The molecule has 1 aromatic heterocycles. The van der Waals surface area contributed by atoms with Gasteiger partial charge in [-0.25, -0.2) is 13.8 Å². The molecule has 0 saturated carbocycles.